The summed E-state index contributed by atoms with van der Waals surface area (Å²) in [7, 11) is 0. The van der Waals surface area contributed by atoms with Gasteiger partial charge >= 0.3 is 0 Å². The van der Waals surface area contributed by atoms with Crippen molar-refractivity contribution >= 4 is 11.6 Å². The van der Waals surface area contributed by atoms with Gasteiger partial charge in [-0.1, -0.05) is 0 Å². The summed E-state index contributed by atoms with van der Waals surface area (Å²) in [6.07, 6.45) is 5.01. The number of benzene rings is 1. The van der Waals surface area contributed by atoms with Crippen LogP contribution in [-0.2, 0) is 0 Å². The lowest BCUT2D eigenvalue weighted by Gasteiger charge is -2.28. The summed E-state index contributed by atoms with van der Waals surface area (Å²) in [4.78, 5) is 16.6. The minimum absolute atomic E-state index is 0.166. The SMILES string of the molecule is Cc1cc(Oc2ccncc2)ccc1NC(=O)c1ccnn1C1CNC1. The molecule has 0 atom stereocenters. The fourth-order valence-corrected chi connectivity index (χ4v) is 2.80. The number of carbonyl (C=O) groups excluding carboxylic acids is 1. The monoisotopic (exact) mass is 349 g/mol. The van der Waals surface area contributed by atoms with Crippen molar-refractivity contribution in [3.63, 3.8) is 0 Å². The van der Waals surface area contributed by atoms with Crippen molar-refractivity contribution in [2.75, 3.05) is 18.4 Å². The van der Waals surface area contributed by atoms with Crippen LogP contribution in [0.4, 0.5) is 5.69 Å². The molecule has 1 fully saturated rings. The van der Waals surface area contributed by atoms with Crippen LogP contribution in [0.3, 0.4) is 0 Å². The van der Waals surface area contributed by atoms with E-state index in [1.54, 1.807) is 41.5 Å². The van der Waals surface area contributed by atoms with Gasteiger partial charge in [-0.3, -0.25) is 14.5 Å². The Hall–Kier alpha value is -3.19. The molecule has 3 aromatic rings. The molecule has 0 aliphatic carbocycles. The summed E-state index contributed by atoms with van der Waals surface area (Å²) < 4.78 is 7.57. The fourth-order valence-electron chi connectivity index (χ4n) is 2.80. The predicted molar refractivity (Wildman–Crippen MR) is 97.6 cm³/mol. The van der Waals surface area contributed by atoms with Crippen molar-refractivity contribution in [2.45, 2.75) is 13.0 Å². The molecule has 1 amide bonds. The molecule has 1 aliphatic heterocycles. The molecule has 26 heavy (non-hydrogen) atoms. The summed E-state index contributed by atoms with van der Waals surface area (Å²) >= 11 is 0. The number of pyridine rings is 1. The maximum Gasteiger partial charge on any atom is 0.273 e. The van der Waals surface area contributed by atoms with Gasteiger partial charge in [0.2, 0.25) is 0 Å². The first-order valence-corrected chi connectivity index (χ1v) is 8.45. The normalized spacial score (nSPS) is 13.9. The third-order valence-corrected chi connectivity index (χ3v) is 4.34. The lowest BCUT2D eigenvalue weighted by molar-refractivity contribution is 0.101. The average Bonchev–Trinajstić information content (AvgIpc) is 3.06. The Kier molecular flexibility index (Phi) is 4.37. The van der Waals surface area contributed by atoms with Gasteiger partial charge in [0, 0.05) is 37.4 Å². The van der Waals surface area contributed by atoms with E-state index in [1.165, 1.54) is 0 Å². The van der Waals surface area contributed by atoms with Crippen molar-refractivity contribution in [2.24, 2.45) is 0 Å². The van der Waals surface area contributed by atoms with E-state index >= 15 is 0 Å². The Morgan fingerprint density at radius 2 is 1.96 bits per heavy atom. The fraction of sp³-hybridized carbons (Fsp3) is 0.211. The Balaban J connectivity index is 1.48. The van der Waals surface area contributed by atoms with Crippen LogP contribution >= 0.6 is 0 Å². The van der Waals surface area contributed by atoms with Gasteiger partial charge in [-0.25, -0.2) is 0 Å². The lowest BCUT2D eigenvalue weighted by atomic mass is 10.1. The van der Waals surface area contributed by atoms with E-state index in [0.29, 0.717) is 17.2 Å². The van der Waals surface area contributed by atoms with Gasteiger partial charge in [0.1, 0.15) is 17.2 Å². The quantitative estimate of drug-likeness (QED) is 0.740. The average molecular weight is 349 g/mol. The summed E-state index contributed by atoms with van der Waals surface area (Å²) in [6.45, 7) is 3.60. The maximum atomic E-state index is 12.6. The molecule has 3 heterocycles. The second-order valence-electron chi connectivity index (χ2n) is 6.19. The largest absolute Gasteiger partial charge is 0.457 e. The zero-order valence-corrected chi connectivity index (χ0v) is 14.3. The Morgan fingerprint density at radius 1 is 1.15 bits per heavy atom. The number of ether oxygens (including phenoxy) is 1. The Morgan fingerprint density at radius 3 is 2.65 bits per heavy atom. The summed E-state index contributed by atoms with van der Waals surface area (Å²) in [5.74, 6) is 1.26. The van der Waals surface area contributed by atoms with E-state index in [2.05, 4.69) is 20.7 Å². The van der Waals surface area contributed by atoms with E-state index in [4.69, 9.17) is 4.74 Å². The molecule has 7 nitrogen and oxygen atoms in total. The zero-order chi connectivity index (χ0) is 17.9. The number of carbonyl (C=O) groups is 1. The molecule has 2 N–H and O–H groups in total. The molecule has 1 aliphatic rings. The van der Waals surface area contributed by atoms with E-state index in [0.717, 1.165) is 24.3 Å². The highest BCUT2D eigenvalue weighted by molar-refractivity contribution is 6.03. The second kappa shape index (κ2) is 6.97. The molecule has 0 saturated carbocycles. The van der Waals surface area contributed by atoms with E-state index in [9.17, 15) is 4.79 Å². The van der Waals surface area contributed by atoms with Gasteiger partial charge in [-0.2, -0.15) is 5.10 Å². The topological polar surface area (TPSA) is 81.1 Å². The first-order chi connectivity index (χ1) is 12.7. The predicted octanol–water partition coefficient (Wildman–Crippen LogP) is 2.78. The minimum atomic E-state index is -0.166. The van der Waals surface area contributed by atoms with Crippen LogP contribution in [0, 0.1) is 6.92 Å². The highest BCUT2D eigenvalue weighted by Gasteiger charge is 2.24. The molecule has 4 rings (SSSR count). The van der Waals surface area contributed by atoms with Crippen molar-refractivity contribution in [1.29, 1.82) is 0 Å². The number of aromatic nitrogens is 3. The third kappa shape index (κ3) is 3.29. The van der Waals surface area contributed by atoms with Crippen LogP contribution in [0.15, 0.2) is 55.0 Å². The summed E-state index contributed by atoms with van der Waals surface area (Å²) in [5.41, 5.74) is 2.23. The Bertz CT molecular complexity index is 919. The third-order valence-electron chi connectivity index (χ3n) is 4.34. The molecule has 0 radical (unpaired) electrons. The first kappa shape index (κ1) is 16.3. The number of aryl methyl sites for hydroxylation is 1. The van der Waals surface area contributed by atoms with Crippen molar-refractivity contribution in [3.8, 4) is 11.5 Å². The van der Waals surface area contributed by atoms with Gasteiger partial charge in [0.25, 0.3) is 5.91 Å². The molecule has 132 valence electrons. The van der Waals surface area contributed by atoms with Gasteiger partial charge in [-0.05, 0) is 48.9 Å². The van der Waals surface area contributed by atoms with Crippen LogP contribution in [0.5, 0.6) is 11.5 Å². The van der Waals surface area contributed by atoms with Crippen molar-refractivity contribution in [1.82, 2.24) is 20.1 Å². The van der Waals surface area contributed by atoms with Crippen LogP contribution < -0.4 is 15.4 Å². The molecular weight excluding hydrogens is 330 g/mol. The highest BCUT2D eigenvalue weighted by atomic mass is 16.5. The molecule has 7 heteroatoms. The number of rotatable bonds is 5. The zero-order valence-electron chi connectivity index (χ0n) is 14.3. The van der Waals surface area contributed by atoms with Gasteiger partial charge < -0.3 is 15.4 Å². The van der Waals surface area contributed by atoms with Crippen molar-refractivity contribution in [3.05, 3.63) is 66.2 Å². The molecule has 1 saturated heterocycles. The molecule has 2 aromatic heterocycles. The van der Waals surface area contributed by atoms with E-state index in [-0.39, 0.29) is 11.9 Å². The Labute approximate surface area is 151 Å². The number of amides is 1. The van der Waals surface area contributed by atoms with Gasteiger partial charge in [0.05, 0.1) is 6.04 Å². The summed E-state index contributed by atoms with van der Waals surface area (Å²) in [5, 5.41) is 10.4. The molecule has 1 aromatic carbocycles. The maximum absolute atomic E-state index is 12.6. The molecular formula is C19H19N5O2. The number of nitrogens with zero attached hydrogens (tertiary/aromatic N) is 3. The van der Waals surface area contributed by atoms with E-state index < -0.39 is 0 Å². The number of nitrogens with one attached hydrogen (secondary N) is 2. The summed E-state index contributed by atoms with van der Waals surface area (Å²) in [6, 6.07) is 11.1. The standard InChI is InChI=1S/C19H19N5O2/c1-13-10-16(26-15-4-7-20-8-5-15)2-3-17(13)23-19(25)18-6-9-22-24(18)14-11-21-12-14/h2-10,14,21H,11-12H2,1H3,(H,23,25). The molecule has 0 unspecified atom stereocenters. The second-order valence-corrected chi connectivity index (χ2v) is 6.19. The van der Waals surface area contributed by atoms with Gasteiger partial charge in [0.15, 0.2) is 0 Å². The number of hydrogen-bond acceptors (Lipinski definition) is 5. The van der Waals surface area contributed by atoms with Crippen molar-refractivity contribution < 1.29 is 9.53 Å². The minimum Gasteiger partial charge on any atom is -0.457 e. The number of anilines is 1. The van der Waals surface area contributed by atoms with Crippen LogP contribution in [0.1, 0.15) is 22.1 Å². The van der Waals surface area contributed by atoms with Crippen LogP contribution in [0.2, 0.25) is 0 Å². The highest BCUT2D eigenvalue weighted by Crippen LogP contribution is 2.26. The van der Waals surface area contributed by atoms with E-state index in [1.807, 2.05) is 25.1 Å². The van der Waals surface area contributed by atoms with Gasteiger partial charge in [-0.15, -0.1) is 0 Å². The first-order valence-electron chi connectivity index (χ1n) is 8.45. The molecule has 0 spiro atoms. The lowest BCUT2D eigenvalue weighted by Crippen LogP contribution is -2.45. The smallest absolute Gasteiger partial charge is 0.273 e. The van der Waals surface area contributed by atoms with Crippen LogP contribution in [-0.4, -0.2) is 33.8 Å². The molecule has 0 bridgehead atoms. The van der Waals surface area contributed by atoms with Crippen LogP contribution in [0.25, 0.3) is 0 Å². The number of hydrogen-bond donors (Lipinski definition) is 2.